The van der Waals surface area contributed by atoms with Crippen molar-refractivity contribution in [3.63, 3.8) is 0 Å². The quantitative estimate of drug-likeness (QED) is 0.318. The van der Waals surface area contributed by atoms with Gasteiger partial charge in [0.05, 0.1) is 22.3 Å². The highest BCUT2D eigenvalue weighted by molar-refractivity contribution is 7.99. The fourth-order valence-electron chi connectivity index (χ4n) is 3.97. The van der Waals surface area contributed by atoms with E-state index < -0.39 is 53.8 Å². The summed E-state index contributed by atoms with van der Waals surface area (Å²) in [5.41, 5.74) is -0.589. The van der Waals surface area contributed by atoms with Gasteiger partial charge >= 0.3 is 17.9 Å². The Hall–Kier alpha value is -2.38. The van der Waals surface area contributed by atoms with Crippen molar-refractivity contribution in [2.75, 3.05) is 6.61 Å². The van der Waals surface area contributed by atoms with E-state index in [-0.39, 0.29) is 6.61 Å². The third-order valence-electron chi connectivity index (χ3n) is 5.55. The van der Waals surface area contributed by atoms with Crippen LogP contribution in [0.25, 0.3) is 0 Å². The molecule has 14 heteroatoms. The fraction of sp³-hybridized carbons (Fsp3) is 0.542. The summed E-state index contributed by atoms with van der Waals surface area (Å²) in [6.45, 7) is 5.36. The number of thioether (sulfide) groups is 1. The van der Waals surface area contributed by atoms with E-state index in [1.807, 2.05) is 6.92 Å². The minimum absolute atomic E-state index is 0.255. The van der Waals surface area contributed by atoms with Gasteiger partial charge in [0, 0.05) is 25.7 Å². The number of aliphatic hydroxyl groups is 1. The molecule has 2 heterocycles. The van der Waals surface area contributed by atoms with Crippen molar-refractivity contribution in [1.29, 1.82) is 0 Å². The molecule has 0 bridgehead atoms. The van der Waals surface area contributed by atoms with Crippen molar-refractivity contribution in [2.45, 2.75) is 81.3 Å². The summed E-state index contributed by atoms with van der Waals surface area (Å²) in [6, 6.07) is 4.01. The van der Waals surface area contributed by atoms with Gasteiger partial charge < -0.3 is 24.1 Å². The molecule has 1 fully saturated rings. The molecule has 1 aliphatic rings. The number of carbonyl (C=O) groups excluding carboxylic acids is 3. The molecule has 1 saturated heterocycles. The molecule has 6 atom stereocenters. The first kappa shape index (κ1) is 30.2. The second-order valence-electron chi connectivity index (χ2n) is 8.61. The Bertz CT molecular complexity index is 1150. The van der Waals surface area contributed by atoms with Crippen LogP contribution in [-0.4, -0.2) is 68.4 Å². The fourth-order valence-corrected chi connectivity index (χ4v) is 5.49. The first-order valence-corrected chi connectivity index (χ1v) is 13.5. The van der Waals surface area contributed by atoms with Gasteiger partial charge in [0.25, 0.3) is 0 Å². The van der Waals surface area contributed by atoms with Crippen LogP contribution in [0.2, 0.25) is 10.0 Å². The summed E-state index contributed by atoms with van der Waals surface area (Å²) >= 11 is 13.4. The van der Waals surface area contributed by atoms with Gasteiger partial charge in [0.2, 0.25) is 0 Å². The minimum atomic E-state index is -1.10. The lowest BCUT2D eigenvalue weighted by molar-refractivity contribution is -0.212. The molecule has 1 aromatic carbocycles. The predicted molar refractivity (Wildman–Crippen MR) is 138 cm³/mol. The molecule has 1 N–H and O–H groups in total. The van der Waals surface area contributed by atoms with Crippen molar-refractivity contribution < 1.29 is 38.4 Å². The molecule has 11 nitrogen and oxygen atoms in total. The zero-order chi connectivity index (χ0) is 28.0. The van der Waals surface area contributed by atoms with E-state index in [9.17, 15) is 19.5 Å². The second kappa shape index (κ2) is 13.6. The van der Waals surface area contributed by atoms with Gasteiger partial charge in [-0.25, -0.2) is 4.68 Å². The first-order chi connectivity index (χ1) is 18.0. The van der Waals surface area contributed by atoms with Gasteiger partial charge in [0.1, 0.15) is 29.9 Å². The Labute approximate surface area is 234 Å². The van der Waals surface area contributed by atoms with Crippen LogP contribution in [0.1, 0.15) is 58.4 Å². The Morgan fingerprint density at radius 1 is 1.11 bits per heavy atom. The number of halogens is 2. The number of esters is 3. The van der Waals surface area contributed by atoms with Crippen LogP contribution < -0.4 is 0 Å². The summed E-state index contributed by atoms with van der Waals surface area (Å²) < 4.78 is 24.1. The maximum atomic E-state index is 12.2. The molecule has 2 aromatic rings. The summed E-state index contributed by atoms with van der Waals surface area (Å²) in [5.74, 6) is -1.82. The number of rotatable bonds is 10. The lowest BCUT2D eigenvalue weighted by atomic mass is 9.96. The molecule has 6 unspecified atom stereocenters. The summed E-state index contributed by atoms with van der Waals surface area (Å²) in [5, 5.41) is 19.4. The van der Waals surface area contributed by atoms with E-state index in [1.54, 1.807) is 18.2 Å². The Balaban J connectivity index is 2.09. The zero-order valence-corrected chi connectivity index (χ0v) is 23.5. The van der Waals surface area contributed by atoms with Crippen molar-refractivity contribution in [1.82, 2.24) is 15.0 Å². The van der Waals surface area contributed by atoms with E-state index in [2.05, 4.69) is 10.3 Å². The molecule has 0 saturated carbocycles. The largest absolute Gasteiger partial charge is 0.463 e. The van der Waals surface area contributed by atoms with Gasteiger partial charge in [-0.15, -0.1) is 5.10 Å². The smallest absolute Gasteiger partial charge is 0.303 e. The van der Waals surface area contributed by atoms with Crippen molar-refractivity contribution in [2.24, 2.45) is 0 Å². The average molecular weight is 590 g/mol. The molecule has 0 aliphatic carbocycles. The summed E-state index contributed by atoms with van der Waals surface area (Å²) in [6.07, 6.45) is -1.31. The number of aliphatic hydroxyl groups excluding tert-OH is 1. The first-order valence-electron chi connectivity index (χ1n) is 11.8. The molecule has 0 amide bonds. The van der Waals surface area contributed by atoms with Crippen LogP contribution in [0.3, 0.4) is 0 Å². The molecule has 3 rings (SSSR count). The average Bonchev–Trinajstić information content (AvgIpc) is 3.31. The van der Waals surface area contributed by atoms with Gasteiger partial charge in [-0.2, -0.15) is 0 Å². The summed E-state index contributed by atoms with van der Waals surface area (Å²) in [7, 11) is 0. The van der Waals surface area contributed by atoms with Crippen LogP contribution in [0, 0.1) is 0 Å². The van der Waals surface area contributed by atoms with Gasteiger partial charge in [-0.1, -0.05) is 53.5 Å². The maximum Gasteiger partial charge on any atom is 0.303 e. The Morgan fingerprint density at radius 3 is 2.39 bits per heavy atom. The third kappa shape index (κ3) is 7.82. The zero-order valence-electron chi connectivity index (χ0n) is 21.2. The van der Waals surface area contributed by atoms with Crippen LogP contribution in [0.4, 0.5) is 0 Å². The molecule has 1 aromatic heterocycles. The van der Waals surface area contributed by atoms with Crippen LogP contribution >= 0.6 is 35.0 Å². The number of nitrogens with zero attached hydrogens (tertiary/aromatic N) is 3. The van der Waals surface area contributed by atoms with Gasteiger partial charge in [-0.05, 0) is 24.6 Å². The van der Waals surface area contributed by atoms with E-state index in [0.717, 1.165) is 0 Å². The second-order valence-corrected chi connectivity index (χ2v) is 10.6. The molecule has 208 valence electrons. The molecule has 38 heavy (non-hydrogen) atoms. The number of aromatic nitrogens is 3. The van der Waals surface area contributed by atoms with Crippen molar-refractivity contribution >= 4 is 52.9 Å². The summed E-state index contributed by atoms with van der Waals surface area (Å²) in [4.78, 5) is 36.6. The third-order valence-corrected chi connectivity index (χ3v) is 7.43. The van der Waals surface area contributed by atoms with Gasteiger partial charge in [0.15, 0.2) is 12.2 Å². The highest BCUT2D eigenvalue weighted by Gasteiger charge is 2.52. The Morgan fingerprint density at radius 2 is 1.79 bits per heavy atom. The van der Waals surface area contributed by atoms with E-state index >= 15 is 0 Å². The van der Waals surface area contributed by atoms with Crippen molar-refractivity contribution in [3.8, 4) is 0 Å². The number of hydrogen-bond acceptors (Lipinski definition) is 11. The van der Waals surface area contributed by atoms with Gasteiger partial charge in [-0.3, -0.25) is 14.4 Å². The Kier molecular flexibility index (Phi) is 10.8. The van der Waals surface area contributed by atoms with Crippen molar-refractivity contribution in [3.05, 3.63) is 40.1 Å². The standard InChI is InChI=1S/C24H29Cl2N3O8S/c1-5-6-19(33)18-10-29(28-27-18)21-22(35-13(3)31)20(11-34-12(2)30)37-24(23(21)36-14(4)32)38-15-7-8-16(25)17(26)9-15/h7-10,19-24,33H,5-6,11H2,1-4H3. The van der Waals surface area contributed by atoms with E-state index in [1.165, 1.54) is 43.4 Å². The van der Waals surface area contributed by atoms with Crippen LogP contribution in [0.15, 0.2) is 29.3 Å². The van der Waals surface area contributed by atoms with Crippen LogP contribution in [-0.2, 0) is 33.3 Å². The maximum absolute atomic E-state index is 12.2. The number of hydrogen-bond donors (Lipinski definition) is 1. The minimum Gasteiger partial charge on any atom is -0.463 e. The lowest BCUT2D eigenvalue weighted by Crippen LogP contribution is -2.57. The highest BCUT2D eigenvalue weighted by atomic mass is 35.5. The normalized spacial score (nSPS) is 23.9. The predicted octanol–water partition coefficient (Wildman–Crippen LogP) is 3.90. The molecular formula is C24H29Cl2N3O8S. The molecule has 0 spiro atoms. The van der Waals surface area contributed by atoms with Crippen LogP contribution in [0.5, 0.6) is 0 Å². The van der Waals surface area contributed by atoms with E-state index in [4.69, 9.17) is 42.1 Å². The SMILES string of the molecule is CCCC(O)c1cn(C2C(OC(C)=O)C(COC(C)=O)OC(Sc3ccc(Cl)c(Cl)c3)C2OC(C)=O)nn1. The van der Waals surface area contributed by atoms with E-state index in [0.29, 0.717) is 33.5 Å². The number of benzene rings is 1. The monoisotopic (exact) mass is 589 g/mol. The molecule has 1 aliphatic heterocycles. The lowest BCUT2D eigenvalue weighted by Gasteiger charge is -2.44. The molecular weight excluding hydrogens is 561 g/mol. The number of ether oxygens (including phenoxy) is 4. The highest BCUT2D eigenvalue weighted by Crippen LogP contribution is 2.42. The topological polar surface area (TPSA) is 139 Å². The number of carbonyl (C=O) groups is 3. The molecule has 0 radical (unpaired) electrons.